The number of halogens is 1. The van der Waals surface area contributed by atoms with Gasteiger partial charge in [-0.1, -0.05) is 0 Å². The summed E-state index contributed by atoms with van der Waals surface area (Å²) in [5.74, 6) is -0.223. The maximum absolute atomic E-state index is 12.2. The Morgan fingerprint density at radius 1 is 1.55 bits per heavy atom. The molecule has 0 saturated carbocycles. The zero-order valence-electron chi connectivity index (χ0n) is 11.6. The SMILES string of the molecule is COCC(Cl)CN(C)C(=O)c1ccc([N+](=O)[O-])cc1C. The Bertz CT molecular complexity index is 507. The van der Waals surface area contributed by atoms with E-state index in [-0.39, 0.29) is 17.0 Å². The van der Waals surface area contributed by atoms with E-state index in [1.54, 1.807) is 14.0 Å². The topological polar surface area (TPSA) is 72.7 Å². The molecule has 1 aromatic rings. The molecule has 1 atom stereocenters. The largest absolute Gasteiger partial charge is 0.383 e. The molecule has 0 bridgehead atoms. The van der Waals surface area contributed by atoms with Crippen LogP contribution < -0.4 is 0 Å². The smallest absolute Gasteiger partial charge is 0.269 e. The molecule has 0 heterocycles. The molecule has 0 aliphatic heterocycles. The molecular formula is C13H17ClN2O4. The van der Waals surface area contributed by atoms with E-state index < -0.39 is 4.92 Å². The molecule has 1 amide bonds. The van der Waals surface area contributed by atoms with Gasteiger partial charge in [0.1, 0.15) is 0 Å². The van der Waals surface area contributed by atoms with Crippen LogP contribution in [0.15, 0.2) is 18.2 Å². The lowest BCUT2D eigenvalue weighted by molar-refractivity contribution is -0.384. The first-order valence-corrected chi connectivity index (χ1v) is 6.44. The molecule has 0 aliphatic rings. The van der Waals surface area contributed by atoms with Crippen LogP contribution in [0.5, 0.6) is 0 Å². The third-order valence-corrected chi connectivity index (χ3v) is 3.08. The molecule has 0 fully saturated rings. The molecule has 1 aromatic carbocycles. The van der Waals surface area contributed by atoms with Crippen molar-refractivity contribution in [1.29, 1.82) is 0 Å². The minimum Gasteiger partial charge on any atom is -0.383 e. The van der Waals surface area contributed by atoms with Gasteiger partial charge in [0, 0.05) is 38.4 Å². The Labute approximate surface area is 122 Å². The number of ether oxygens (including phenoxy) is 1. The van der Waals surface area contributed by atoms with Gasteiger partial charge in [0.25, 0.3) is 11.6 Å². The summed E-state index contributed by atoms with van der Waals surface area (Å²) in [7, 11) is 3.17. The van der Waals surface area contributed by atoms with Gasteiger partial charge in [-0.25, -0.2) is 0 Å². The van der Waals surface area contributed by atoms with Gasteiger partial charge in [0.2, 0.25) is 0 Å². The van der Waals surface area contributed by atoms with Crippen LogP contribution in [-0.2, 0) is 4.74 Å². The van der Waals surface area contributed by atoms with Crippen LogP contribution in [-0.4, -0.2) is 48.4 Å². The van der Waals surface area contributed by atoms with Crippen LogP contribution in [0, 0.1) is 17.0 Å². The summed E-state index contributed by atoms with van der Waals surface area (Å²) in [5, 5.41) is 10.4. The Morgan fingerprint density at radius 2 is 2.20 bits per heavy atom. The Hall–Kier alpha value is -1.66. The molecule has 0 saturated heterocycles. The van der Waals surface area contributed by atoms with Gasteiger partial charge in [-0.15, -0.1) is 11.6 Å². The lowest BCUT2D eigenvalue weighted by Gasteiger charge is -2.20. The van der Waals surface area contributed by atoms with Crippen molar-refractivity contribution in [1.82, 2.24) is 4.90 Å². The Kier molecular flexibility index (Phi) is 5.91. The van der Waals surface area contributed by atoms with Crippen LogP contribution in [0.4, 0.5) is 5.69 Å². The lowest BCUT2D eigenvalue weighted by Crippen LogP contribution is -2.34. The van der Waals surface area contributed by atoms with Gasteiger partial charge in [0.15, 0.2) is 0 Å². The van der Waals surface area contributed by atoms with Crippen molar-refractivity contribution in [2.24, 2.45) is 0 Å². The first-order chi connectivity index (χ1) is 9.36. The highest BCUT2D eigenvalue weighted by molar-refractivity contribution is 6.21. The Balaban J connectivity index is 2.84. The molecular weight excluding hydrogens is 284 g/mol. The first-order valence-electron chi connectivity index (χ1n) is 6.00. The molecule has 0 spiro atoms. The number of nitro groups is 1. The van der Waals surface area contributed by atoms with E-state index in [9.17, 15) is 14.9 Å². The van der Waals surface area contributed by atoms with E-state index >= 15 is 0 Å². The van der Waals surface area contributed by atoms with Crippen LogP contribution in [0.1, 0.15) is 15.9 Å². The number of carbonyl (C=O) groups excluding carboxylic acids is 1. The number of carbonyl (C=O) groups is 1. The number of nitro benzene ring substituents is 1. The predicted octanol–water partition coefficient (Wildman–Crippen LogP) is 2.23. The molecule has 0 aromatic heterocycles. The highest BCUT2D eigenvalue weighted by Gasteiger charge is 2.19. The van der Waals surface area contributed by atoms with Crippen LogP contribution in [0.3, 0.4) is 0 Å². The van der Waals surface area contributed by atoms with Gasteiger partial charge in [0.05, 0.1) is 16.9 Å². The minimum atomic E-state index is -0.488. The van der Waals surface area contributed by atoms with Crippen molar-refractivity contribution < 1.29 is 14.5 Å². The maximum Gasteiger partial charge on any atom is 0.269 e. The number of benzene rings is 1. The molecule has 1 unspecified atom stereocenters. The van der Waals surface area contributed by atoms with E-state index in [2.05, 4.69) is 0 Å². The molecule has 0 radical (unpaired) electrons. The second kappa shape index (κ2) is 7.21. The minimum absolute atomic E-state index is 0.0312. The highest BCUT2D eigenvalue weighted by atomic mass is 35.5. The molecule has 0 N–H and O–H groups in total. The second-order valence-corrected chi connectivity index (χ2v) is 5.11. The molecule has 20 heavy (non-hydrogen) atoms. The molecule has 0 aliphatic carbocycles. The summed E-state index contributed by atoms with van der Waals surface area (Å²) in [6.07, 6.45) is 0. The van der Waals surface area contributed by atoms with Gasteiger partial charge in [-0.05, 0) is 18.6 Å². The quantitative estimate of drug-likeness (QED) is 0.459. The third kappa shape index (κ3) is 4.18. The fourth-order valence-corrected chi connectivity index (χ4v) is 2.15. The third-order valence-electron chi connectivity index (χ3n) is 2.82. The highest BCUT2D eigenvalue weighted by Crippen LogP contribution is 2.18. The van der Waals surface area contributed by atoms with Gasteiger partial charge in [-0.2, -0.15) is 0 Å². The lowest BCUT2D eigenvalue weighted by atomic mass is 10.1. The van der Waals surface area contributed by atoms with Crippen molar-refractivity contribution >= 4 is 23.2 Å². The zero-order valence-corrected chi connectivity index (χ0v) is 12.4. The van der Waals surface area contributed by atoms with E-state index in [0.717, 1.165) is 0 Å². The van der Waals surface area contributed by atoms with Crippen molar-refractivity contribution in [2.75, 3.05) is 27.3 Å². The number of alkyl halides is 1. The average molecular weight is 301 g/mol. The summed E-state index contributed by atoms with van der Waals surface area (Å²) < 4.78 is 4.91. The number of amides is 1. The monoisotopic (exact) mass is 300 g/mol. The van der Waals surface area contributed by atoms with Gasteiger partial charge < -0.3 is 9.64 Å². The van der Waals surface area contributed by atoms with Gasteiger partial charge >= 0.3 is 0 Å². The maximum atomic E-state index is 12.2. The summed E-state index contributed by atoms with van der Waals surface area (Å²) in [6, 6.07) is 4.17. The van der Waals surface area contributed by atoms with Gasteiger partial charge in [-0.3, -0.25) is 14.9 Å². The normalized spacial score (nSPS) is 12.0. The molecule has 1 rings (SSSR count). The zero-order chi connectivity index (χ0) is 15.3. The Morgan fingerprint density at radius 3 is 2.70 bits per heavy atom. The van der Waals surface area contributed by atoms with Crippen LogP contribution in [0.25, 0.3) is 0 Å². The number of hydrogen-bond acceptors (Lipinski definition) is 4. The van der Waals surface area contributed by atoms with E-state index in [1.165, 1.54) is 30.2 Å². The molecule has 110 valence electrons. The molecule has 6 nitrogen and oxygen atoms in total. The number of aryl methyl sites for hydroxylation is 1. The van der Waals surface area contributed by atoms with Crippen molar-refractivity contribution in [3.63, 3.8) is 0 Å². The average Bonchev–Trinajstić information content (AvgIpc) is 2.37. The number of rotatable bonds is 6. The number of hydrogen-bond donors (Lipinski definition) is 0. The number of methoxy groups -OCH3 is 1. The van der Waals surface area contributed by atoms with E-state index in [1.807, 2.05) is 0 Å². The van der Waals surface area contributed by atoms with Crippen LogP contribution in [0.2, 0.25) is 0 Å². The number of non-ortho nitro benzene ring substituents is 1. The first kappa shape index (κ1) is 16.4. The summed E-state index contributed by atoms with van der Waals surface area (Å²) in [6.45, 7) is 2.35. The summed E-state index contributed by atoms with van der Waals surface area (Å²) in [4.78, 5) is 23.9. The fraction of sp³-hybridized carbons (Fsp3) is 0.462. The summed E-state index contributed by atoms with van der Waals surface area (Å²) >= 11 is 6.01. The van der Waals surface area contributed by atoms with Crippen molar-refractivity contribution in [2.45, 2.75) is 12.3 Å². The predicted molar refractivity (Wildman–Crippen MR) is 76.3 cm³/mol. The van der Waals surface area contributed by atoms with E-state index in [4.69, 9.17) is 16.3 Å². The standard InChI is InChI=1S/C13H17ClN2O4/c1-9-6-11(16(18)19)4-5-12(9)13(17)15(2)7-10(14)8-20-3/h4-6,10H,7-8H2,1-3H3. The van der Waals surface area contributed by atoms with E-state index in [0.29, 0.717) is 24.3 Å². The van der Waals surface area contributed by atoms with Crippen molar-refractivity contribution in [3.8, 4) is 0 Å². The van der Waals surface area contributed by atoms with Crippen molar-refractivity contribution in [3.05, 3.63) is 39.4 Å². The second-order valence-electron chi connectivity index (χ2n) is 4.49. The summed E-state index contributed by atoms with van der Waals surface area (Å²) in [5.41, 5.74) is 0.963. The number of nitrogens with zero attached hydrogens (tertiary/aromatic N) is 2. The van der Waals surface area contributed by atoms with Crippen LogP contribution >= 0.6 is 11.6 Å². The fourth-order valence-electron chi connectivity index (χ4n) is 1.82. The molecule has 7 heteroatoms.